The Labute approximate surface area is 122 Å². The van der Waals surface area contributed by atoms with Crippen LogP contribution in [0.3, 0.4) is 0 Å². The van der Waals surface area contributed by atoms with Crippen molar-refractivity contribution in [1.29, 1.82) is 0 Å². The smallest absolute Gasteiger partial charge is 0.166 e. The molecule has 1 aromatic carbocycles. The second-order valence-corrected chi connectivity index (χ2v) is 4.94. The van der Waals surface area contributed by atoms with Crippen molar-refractivity contribution >= 4 is 45.8 Å². The molecule has 0 saturated heterocycles. The predicted molar refractivity (Wildman–Crippen MR) is 76.8 cm³/mol. The summed E-state index contributed by atoms with van der Waals surface area (Å²) in [7, 11) is 1.59. The van der Waals surface area contributed by atoms with E-state index in [0.717, 1.165) is 5.56 Å². The molecule has 0 aliphatic rings. The van der Waals surface area contributed by atoms with Gasteiger partial charge in [0.05, 0.1) is 16.2 Å². The van der Waals surface area contributed by atoms with Gasteiger partial charge in [0.2, 0.25) is 0 Å². The van der Waals surface area contributed by atoms with Crippen LogP contribution >= 0.6 is 45.8 Å². The third-order valence-corrected chi connectivity index (χ3v) is 4.32. The van der Waals surface area contributed by atoms with Gasteiger partial charge in [0.15, 0.2) is 5.82 Å². The number of rotatable bonds is 2. The summed E-state index contributed by atoms with van der Waals surface area (Å²) in [6, 6.07) is 7.44. The molecule has 1 aromatic heterocycles. The minimum atomic E-state index is 0.339. The van der Waals surface area contributed by atoms with E-state index in [9.17, 15) is 0 Å². The van der Waals surface area contributed by atoms with E-state index in [1.165, 1.54) is 0 Å². The fourth-order valence-corrected chi connectivity index (χ4v) is 1.97. The van der Waals surface area contributed by atoms with Gasteiger partial charge in [-0.1, -0.05) is 35.3 Å². The highest BCUT2D eigenvalue weighted by Crippen LogP contribution is 2.31. The van der Waals surface area contributed by atoms with Crippen molar-refractivity contribution in [2.24, 2.45) is 0 Å². The Hall–Kier alpha value is -0.590. The highest BCUT2D eigenvalue weighted by Gasteiger charge is 2.13. The monoisotopic (exact) mass is 380 g/mol. The summed E-state index contributed by atoms with van der Waals surface area (Å²) < 4.78 is 5.88. The van der Waals surface area contributed by atoms with Crippen LogP contribution in [0.1, 0.15) is 0 Å². The molecule has 0 spiro atoms. The van der Waals surface area contributed by atoms with Gasteiger partial charge in [-0.15, -0.1) is 0 Å². The Balaban J connectivity index is 2.61. The quantitative estimate of drug-likeness (QED) is 0.582. The Morgan fingerprint density at radius 1 is 1.12 bits per heavy atom. The Bertz CT molecular complexity index is 540. The molecule has 0 aliphatic carbocycles. The zero-order valence-corrected chi connectivity index (χ0v) is 12.4. The first-order valence-corrected chi connectivity index (χ1v) is 6.49. The van der Waals surface area contributed by atoms with E-state index in [4.69, 9.17) is 27.9 Å². The van der Waals surface area contributed by atoms with E-state index in [-0.39, 0.29) is 0 Å². The summed E-state index contributed by atoms with van der Waals surface area (Å²) in [6.45, 7) is 0. The Kier molecular flexibility index (Phi) is 4.06. The summed E-state index contributed by atoms with van der Waals surface area (Å²) >= 11 is 14.0. The van der Waals surface area contributed by atoms with Crippen molar-refractivity contribution in [3.63, 3.8) is 0 Å². The van der Waals surface area contributed by atoms with E-state index in [0.29, 0.717) is 25.5 Å². The maximum atomic E-state index is 5.98. The summed E-state index contributed by atoms with van der Waals surface area (Å²) in [5.41, 5.74) is 0.759. The summed E-state index contributed by atoms with van der Waals surface area (Å²) in [6.07, 6.45) is 0. The maximum absolute atomic E-state index is 5.98. The van der Waals surface area contributed by atoms with Crippen LogP contribution in [0.25, 0.3) is 11.4 Å². The van der Waals surface area contributed by atoms with E-state index < -0.39 is 0 Å². The largest absolute Gasteiger partial charge is 0.496 e. The van der Waals surface area contributed by atoms with Crippen LogP contribution in [-0.4, -0.2) is 17.1 Å². The van der Waals surface area contributed by atoms with Gasteiger partial charge in [-0.05, 0) is 34.7 Å². The number of methoxy groups -OCH3 is 1. The molecule has 88 valence electrons. The van der Waals surface area contributed by atoms with Gasteiger partial charge in [-0.25, -0.2) is 9.97 Å². The molecule has 6 heteroatoms. The van der Waals surface area contributed by atoms with Gasteiger partial charge >= 0.3 is 0 Å². The minimum Gasteiger partial charge on any atom is -0.496 e. The Morgan fingerprint density at radius 2 is 1.71 bits per heavy atom. The van der Waals surface area contributed by atoms with Gasteiger partial charge in [-0.2, -0.15) is 0 Å². The average Bonchev–Trinajstić information content (AvgIpc) is 2.35. The molecule has 3 nitrogen and oxygen atoms in total. The molecule has 0 saturated carbocycles. The van der Waals surface area contributed by atoms with Crippen molar-refractivity contribution in [3.05, 3.63) is 38.1 Å². The normalized spacial score (nSPS) is 10.4. The van der Waals surface area contributed by atoms with Crippen molar-refractivity contribution in [2.75, 3.05) is 7.11 Å². The van der Waals surface area contributed by atoms with Crippen LogP contribution in [-0.2, 0) is 0 Å². The fourth-order valence-electron chi connectivity index (χ4n) is 1.34. The van der Waals surface area contributed by atoms with E-state index in [1.807, 2.05) is 46.9 Å². The first kappa shape index (κ1) is 12.9. The fraction of sp³-hybridized carbons (Fsp3) is 0.0909. The molecule has 0 bridgehead atoms. The molecular formula is C11H7Cl2IN2O. The molecule has 0 amide bonds. The highest BCUT2D eigenvalue weighted by molar-refractivity contribution is 14.1. The van der Waals surface area contributed by atoms with Gasteiger partial charge < -0.3 is 4.74 Å². The van der Waals surface area contributed by atoms with E-state index in [1.54, 1.807) is 7.11 Å². The standard InChI is InChI=1S/C11H7Cl2IN2O/c1-17-7-5-3-2-4-6(7)11-15-9(12)8(14)10(13)16-11/h2-5H,1H3. The minimum absolute atomic E-state index is 0.339. The number of aromatic nitrogens is 2. The number of ether oxygens (including phenoxy) is 1. The highest BCUT2D eigenvalue weighted by atomic mass is 127. The second kappa shape index (κ2) is 5.37. The number of benzene rings is 1. The van der Waals surface area contributed by atoms with Crippen molar-refractivity contribution in [2.45, 2.75) is 0 Å². The molecule has 2 aromatic rings. The number of halogens is 3. The van der Waals surface area contributed by atoms with Crippen LogP contribution in [0.4, 0.5) is 0 Å². The van der Waals surface area contributed by atoms with Crippen LogP contribution in [0.5, 0.6) is 5.75 Å². The maximum Gasteiger partial charge on any atom is 0.166 e. The van der Waals surface area contributed by atoms with Crippen LogP contribution in [0.2, 0.25) is 10.3 Å². The van der Waals surface area contributed by atoms with Crippen molar-refractivity contribution in [1.82, 2.24) is 9.97 Å². The van der Waals surface area contributed by atoms with Gasteiger partial charge in [0.25, 0.3) is 0 Å². The molecule has 1 heterocycles. The number of para-hydroxylation sites is 1. The molecular weight excluding hydrogens is 374 g/mol. The van der Waals surface area contributed by atoms with Crippen molar-refractivity contribution < 1.29 is 4.74 Å². The summed E-state index contributed by atoms with van der Waals surface area (Å²) in [5.74, 6) is 1.14. The average molecular weight is 381 g/mol. The first-order chi connectivity index (χ1) is 8.13. The zero-order chi connectivity index (χ0) is 12.4. The lowest BCUT2D eigenvalue weighted by molar-refractivity contribution is 0.416. The van der Waals surface area contributed by atoms with Crippen LogP contribution in [0.15, 0.2) is 24.3 Å². The first-order valence-electron chi connectivity index (χ1n) is 4.65. The topological polar surface area (TPSA) is 35.0 Å². The van der Waals surface area contributed by atoms with Crippen molar-refractivity contribution in [3.8, 4) is 17.1 Å². The van der Waals surface area contributed by atoms with E-state index in [2.05, 4.69) is 9.97 Å². The third-order valence-electron chi connectivity index (χ3n) is 2.12. The number of nitrogens with zero attached hydrogens (tertiary/aromatic N) is 2. The molecule has 0 radical (unpaired) electrons. The molecule has 2 rings (SSSR count). The van der Waals surface area contributed by atoms with E-state index >= 15 is 0 Å². The molecule has 0 aliphatic heterocycles. The van der Waals surface area contributed by atoms with Crippen LogP contribution < -0.4 is 4.74 Å². The zero-order valence-electron chi connectivity index (χ0n) is 8.75. The molecule has 0 fully saturated rings. The molecule has 0 atom stereocenters. The number of hydrogen-bond acceptors (Lipinski definition) is 3. The lowest BCUT2D eigenvalue weighted by atomic mass is 10.2. The lowest BCUT2D eigenvalue weighted by Gasteiger charge is -2.08. The molecule has 17 heavy (non-hydrogen) atoms. The summed E-state index contributed by atoms with van der Waals surface area (Å²) in [5, 5.41) is 0.679. The second-order valence-electron chi connectivity index (χ2n) is 3.14. The number of hydrogen-bond donors (Lipinski definition) is 0. The summed E-state index contributed by atoms with van der Waals surface area (Å²) in [4.78, 5) is 8.39. The van der Waals surface area contributed by atoms with Gasteiger partial charge in [0, 0.05) is 0 Å². The predicted octanol–water partition coefficient (Wildman–Crippen LogP) is 4.06. The molecule has 0 unspecified atom stereocenters. The van der Waals surface area contributed by atoms with Gasteiger partial charge in [-0.3, -0.25) is 0 Å². The van der Waals surface area contributed by atoms with Crippen LogP contribution in [0, 0.1) is 3.57 Å². The molecule has 0 N–H and O–H groups in total. The lowest BCUT2D eigenvalue weighted by Crippen LogP contribution is -1.96. The third kappa shape index (κ3) is 2.64. The van der Waals surface area contributed by atoms with Gasteiger partial charge in [0.1, 0.15) is 16.1 Å². The SMILES string of the molecule is COc1ccccc1-c1nc(Cl)c(I)c(Cl)n1. The Morgan fingerprint density at radius 3 is 2.29 bits per heavy atom.